The summed E-state index contributed by atoms with van der Waals surface area (Å²) in [4.78, 5) is 14.8. The van der Waals surface area contributed by atoms with Crippen LogP contribution in [0.15, 0.2) is 29.1 Å². The molecule has 0 radical (unpaired) electrons. The van der Waals surface area contributed by atoms with Gasteiger partial charge in [-0.15, -0.1) is 0 Å². The van der Waals surface area contributed by atoms with Crippen molar-refractivity contribution < 1.29 is 22.0 Å². The Morgan fingerprint density at radius 1 is 1.11 bits per heavy atom. The Morgan fingerprint density at radius 2 is 1.68 bits per heavy atom. The van der Waals surface area contributed by atoms with Crippen molar-refractivity contribution >= 4 is 10.9 Å². The number of nitrogens with zero attached hydrogens (tertiary/aromatic N) is 2. The molecular formula is C10H6F5N3O. The number of alkyl halides is 5. The van der Waals surface area contributed by atoms with Gasteiger partial charge in [0.05, 0.1) is 10.9 Å². The monoisotopic (exact) mass is 279 g/mol. The molecule has 1 heterocycles. The van der Waals surface area contributed by atoms with E-state index in [0.717, 1.165) is 6.07 Å². The number of hydrogen-bond donors (Lipinski definition) is 1. The number of para-hydroxylation sites is 1. The Labute approximate surface area is 102 Å². The van der Waals surface area contributed by atoms with Crippen molar-refractivity contribution in [1.82, 2.24) is 9.66 Å². The first-order chi connectivity index (χ1) is 8.66. The van der Waals surface area contributed by atoms with E-state index in [2.05, 4.69) is 4.98 Å². The van der Waals surface area contributed by atoms with Crippen molar-refractivity contribution in [3.63, 3.8) is 0 Å². The van der Waals surface area contributed by atoms with Crippen molar-refractivity contribution in [2.24, 2.45) is 0 Å². The molecule has 9 heteroatoms. The molecule has 0 saturated carbocycles. The number of hydrogen-bond acceptors (Lipinski definition) is 3. The first-order valence-electron chi connectivity index (χ1n) is 4.88. The molecule has 19 heavy (non-hydrogen) atoms. The number of halogens is 5. The van der Waals surface area contributed by atoms with E-state index in [4.69, 9.17) is 5.84 Å². The molecule has 2 aromatic rings. The highest BCUT2D eigenvalue weighted by molar-refractivity contribution is 5.77. The van der Waals surface area contributed by atoms with Gasteiger partial charge in [-0.3, -0.25) is 4.79 Å². The van der Waals surface area contributed by atoms with Crippen LogP contribution >= 0.6 is 0 Å². The van der Waals surface area contributed by atoms with E-state index in [9.17, 15) is 26.7 Å². The van der Waals surface area contributed by atoms with E-state index in [1.807, 2.05) is 0 Å². The minimum Gasteiger partial charge on any atom is -0.335 e. The van der Waals surface area contributed by atoms with Crippen LogP contribution in [0.5, 0.6) is 0 Å². The summed E-state index contributed by atoms with van der Waals surface area (Å²) in [6.07, 6.45) is -5.89. The average Bonchev–Trinajstić information content (AvgIpc) is 2.32. The molecule has 0 fully saturated rings. The summed E-state index contributed by atoms with van der Waals surface area (Å²) in [7, 11) is 0. The van der Waals surface area contributed by atoms with E-state index in [0.29, 0.717) is 0 Å². The Balaban J connectivity index is 2.83. The number of nitrogen functional groups attached to an aromatic ring is 1. The molecule has 1 aromatic heterocycles. The lowest BCUT2D eigenvalue weighted by Gasteiger charge is -2.20. The van der Waals surface area contributed by atoms with Gasteiger partial charge in [0.15, 0.2) is 0 Å². The van der Waals surface area contributed by atoms with Crippen LogP contribution in [0, 0.1) is 0 Å². The van der Waals surface area contributed by atoms with Crippen molar-refractivity contribution in [1.29, 1.82) is 0 Å². The Kier molecular flexibility index (Phi) is 2.72. The maximum Gasteiger partial charge on any atom is 0.461 e. The summed E-state index contributed by atoms with van der Waals surface area (Å²) in [5.74, 6) is -2.17. The highest BCUT2D eigenvalue weighted by Crippen LogP contribution is 2.42. The number of rotatable bonds is 1. The molecule has 2 N–H and O–H groups in total. The summed E-state index contributed by atoms with van der Waals surface area (Å²) in [6, 6.07) is 5.13. The lowest BCUT2D eigenvalue weighted by atomic mass is 10.2. The third kappa shape index (κ3) is 1.90. The smallest absolute Gasteiger partial charge is 0.335 e. The van der Waals surface area contributed by atoms with Gasteiger partial charge in [-0.1, -0.05) is 12.1 Å². The molecular weight excluding hydrogens is 273 g/mol. The molecule has 0 amide bonds. The van der Waals surface area contributed by atoms with Crippen LogP contribution < -0.4 is 11.4 Å². The molecule has 0 unspecified atom stereocenters. The summed E-state index contributed by atoms with van der Waals surface area (Å²) < 4.78 is 62.9. The van der Waals surface area contributed by atoms with Crippen LogP contribution in [-0.2, 0) is 5.92 Å². The SMILES string of the molecule is Nn1c(C(F)(F)C(F)(F)F)nc2ccccc2c1=O. The van der Waals surface area contributed by atoms with Gasteiger partial charge in [0, 0.05) is 0 Å². The Morgan fingerprint density at radius 3 is 2.26 bits per heavy atom. The van der Waals surface area contributed by atoms with Gasteiger partial charge in [0.1, 0.15) is 0 Å². The van der Waals surface area contributed by atoms with Crippen molar-refractivity contribution in [3.05, 3.63) is 40.4 Å². The second kappa shape index (κ2) is 3.90. The molecule has 1 aromatic carbocycles. The molecule has 102 valence electrons. The summed E-state index contributed by atoms with van der Waals surface area (Å²) in [5.41, 5.74) is -1.46. The first kappa shape index (κ1) is 13.2. The third-order valence-electron chi connectivity index (χ3n) is 2.44. The van der Waals surface area contributed by atoms with Gasteiger partial charge in [0.25, 0.3) is 5.56 Å². The van der Waals surface area contributed by atoms with Crippen LogP contribution in [0.4, 0.5) is 22.0 Å². The fourth-order valence-corrected chi connectivity index (χ4v) is 1.49. The van der Waals surface area contributed by atoms with Crippen LogP contribution in [-0.4, -0.2) is 15.8 Å². The van der Waals surface area contributed by atoms with Gasteiger partial charge < -0.3 is 5.84 Å². The molecule has 0 aliphatic rings. The fourth-order valence-electron chi connectivity index (χ4n) is 1.49. The number of benzene rings is 1. The Hall–Kier alpha value is -2.19. The summed E-state index contributed by atoms with van der Waals surface area (Å²) in [6.45, 7) is 0. The van der Waals surface area contributed by atoms with Gasteiger partial charge in [-0.05, 0) is 12.1 Å². The summed E-state index contributed by atoms with van der Waals surface area (Å²) in [5, 5.41) is -0.147. The molecule has 2 rings (SSSR count). The van der Waals surface area contributed by atoms with E-state index in [1.54, 1.807) is 0 Å². The lowest BCUT2D eigenvalue weighted by molar-refractivity contribution is -0.293. The highest BCUT2D eigenvalue weighted by atomic mass is 19.4. The topological polar surface area (TPSA) is 60.9 Å². The van der Waals surface area contributed by atoms with E-state index in [-0.39, 0.29) is 15.6 Å². The molecule has 4 nitrogen and oxygen atoms in total. The molecule has 0 bridgehead atoms. The second-order valence-electron chi connectivity index (χ2n) is 3.70. The maximum atomic E-state index is 13.2. The van der Waals surface area contributed by atoms with Crippen LogP contribution in [0.2, 0.25) is 0 Å². The zero-order valence-electron chi connectivity index (χ0n) is 9.08. The van der Waals surface area contributed by atoms with Crippen molar-refractivity contribution in [2.75, 3.05) is 5.84 Å². The molecule has 0 aliphatic heterocycles. The first-order valence-corrected chi connectivity index (χ1v) is 4.88. The standard InChI is InChI=1S/C10H6F5N3O/c11-9(12,10(13,14)15)8-17-6-4-2-1-3-5(6)7(19)18(8)16/h1-4H,16H2. The van der Waals surface area contributed by atoms with Gasteiger partial charge in [0.2, 0.25) is 5.82 Å². The predicted octanol–water partition coefficient (Wildman–Crippen LogP) is 1.76. The van der Waals surface area contributed by atoms with Crippen LogP contribution in [0.1, 0.15) is 5.82 Å². The minimum atomic E-state index is -5.89. The van der Waals surface area contributed by atoms with Gasteiger partial charge in [-0.25, -0.2) is 9.66 Å². The van der Waals surface area contributed by atoms with E-state index >= 15 is 0 Å². The molecule has 0 saturated heterocycles. The lowest BCUT2D eigenvalue weighted by Crippen LogP contribution is -2.43. The zero-order valence-corrected chi connectivity index (χ0v) is 9.08. The number of aromatic nitrogens is 2. The van der Waals surface area contributed by atoms with E-state index < -0.39 is 23.5 Å². The van der Waals surface area contributed by atoms with Gasteiger partial charge >= 0.3 is 12.1 Å². The normalized spacial score (nSPS) is 12.9. The average molecular weight is 279 g/mol. The molecule has 0 atom stereocenters. The maximum absolute atomic E-state index is 13.2. The quantitative estimate of drug-likeness (QED) is 0.639. The summed E-state index contributed by atoms with van der Waals surface area (Å²) >= 11 is 0. The molecule has 0 aliphatic carbocycles. The molecule has 0 spiro atoms. The minimum absolute atomic E-state index is 0.147. The predicted molar refractivity (Wildman–Crippen MR) is 56.1 cm³/mol. The van der Waals surface area contributed by atoms with Crippen LogP contribution in [0.3, 0.4) is 0 Å². The number of fused-ring (bicyclic) bond motifs is 1. The Bertz CT molecular complexity index is 692. The van der Waals surface area contributed by atoms with Crippen molar-refractivity contribution in [3.8, 4) is 0 Å². The third-order valence-corrected chi connectivity index (χ3v) is 2.44. The largest absolute Gasteiger partial charge is 0.461 e. The van der Waals surface area contributed by atoms with Crippen LogP contribution in [0.25, 0.3) is 10.9 Å². The number of nitrogens with two attached hydrogens (primary N) is 1. The fraction of sp³-hybridized carbons (Fsp3) is 0.200. The van der Waals surface area contributed by atoms with Crippen molar-refractivity contribution in [2.45, 2.75) is 12.1 Å². The van der Waals surface area contributed by atoms with Gasteiger partial charge in [-0.2, -0.15) is 22.0 Å². The second-order valence-corrected chi connectivity index (χ2v) is 3.70. The highest BCUT2D eigenvalue weighted by Gasteiger charge is 2.61. The van der Waals surface area contributed by atoms with E-state index in [1.165, 1.54) is 18.2 Å². The zero-order chi connectivity index (χ0) is 14.4.